The van der Waals surface area contributed by atoms with Gasteiger partial charge in [-0.2, -0.15) is 0 Å². The molecule has 2 N–H and O–H groups in total. The Bertz CT molecular complexity index is 1370. The van der Waals surface area contributed by atoms with Crippen LogP contribution in [0.4, 0.5) is 0 Å². The van der Waals surface area contributed by atoms with E-state index in [0.29, 0.717) is 16.3 Å². The number of aliphatic hydroxyl groups is 2. The molecule has 0 fully saturated rings. The minimum atomic E-state index is -1.52. The summed E-state index contributed by atoms with van der Waals surface area (Å²) in [7, 11) is 3.99. The molecule has 0 aliphatic heterocycles. The van der Waals surface area contributed by atoms with Crippen molar-refractivity contribution in [2.24, 2.45) is 0 Å². The maximum Gasteiger partial charge on any atom is 0.162 e. The molecule has 2 atom stereocenters. The Morgan fingerprint density at radius 3 is 2.49 bits per heavy atom. The van der Waals surface area contributed by atoms with Crippen LogP contribution in [0, 0.1) is 0 Å². The number of imidazole rings is 1. The quantitative estimate of drug-likeness (QED) is 0.355. The summed E-state index contributed by atoms with van der Waals surface area (Å²) in [5.41, 5.74) is 2.65. The molecule has 0 spiro atoms. The van der Waals surface area contributed by atoms with Crippen molar-refractivity contribution in [3.8, 4) is 16.8 Å². The van der Waals surface area contributed by atoms with E-state index in [4.69, 9.17) is 16.6 Å². The van der Waals surface area contributed by atoms with E-state index in [1.54, 1.807) is 30.6 Å². The number of halogens is 1. The second kappa shape index (κ2) is 9.83. The van der Waals surface area contributed by atoms with Crippen molar-refractivity contribution in [2.45, 2.75) is 31.9 Å². The Labute approximate surface area is 208 Å². The van der Waals surface area contributed by atoms with E-state index in [0.717, 1.165) is 40.7 Å². The second-order valence-corrected chi connectivity index (χ2v) is 9.33. The summed E-state index contributed by atoms with van der Waals surface area (Å²) in [5.74, 6) is 0.923. The Morgan fingerprint density at radius 2 is 1.89 bits per heavy atom. The maximum atomic E-state index is 12.0. The van der Waals surface area contributed by atoms with Crippen LogP contribution >= 0.6 is 11.6 Å². The highest BCUT2D eigenvalue weighted by Crippen LogP contribution is 2.35. The first-order valence-corrected chi connectivity index (χ1v) is 11.7. The van der Waals surface area contributed by atoms with Crippen LogP contribution in [-0.2, 0) is 5.60 Å². The summed E-state index contributed by atoms with van der Waals surface area (Å²) in [5, 5.41) is 20.1. The SMILES string of the molecule is CCC(c1nc2ccc(-c3cnc(C(C)(O)CO)nc3)cc2n1-c1c(Cl)cccc1C=O)N(C)C. The number of hydrogen-bond acceptors (Lipinski definition) is 7. The highest BCUT2D eigenvalue weighted by molar-refractivity contribution is 6.33. The maximum absolute atomic E-state index is 12.0. The van der Waals surface area contributed by atoms with Gasteiger partial charge in [0.25, 0.3) is 0 Å². The summed E-state index contributed by atoms with van der Waals surface area (Å²) in [4.78, 5) is 27.5. The van der Waals surface area contributed by atoms with E-state index < -0.39 is 12.2 Å². The van der Waals surface area contributed by atoms with Crippen molar-refractivity contribution < 1.29 is 15.0 Å². The van der Waals surface area contributed by atoms with Crippen molar-refractivity contribution in [2.75, 3.05) is 20.7 Å². The van der Waals surface area contributed by atoms with Gasteiger partial charge in [0.2, 0.25) is 0 Å². The average Bonchev–Trinajstić information content (AvgIpc) is 3.21. The van der Waals surface area contributed by atoms with Crippen molar-refractivity contribution in [3.63, 3.8) is 0 Å². The molecular weight excluding hydrogens is 466 g/mol. The van der Waals surface area contributed by atoms with Gasteiger partial charge in [0.15, 0.2) is 12.1 Å². The Hall–Kier alpha value is -3.17. The number of rotatable bonds is 8. The third-order valence-corrected chi connectivity index (χ3v) is 6.44. The van der Waals surface area contributed by atoms with Crippen LogP contribution in [0.2, 0.25) is 5.02 Å². The number of carbonyl (C=O) groups is 1. The van der Waals surface area contributed by atoms with Crippen LogP contribution in [-0.4, -0.2) is 61.6 Å². The molecule has 0 aliphatic carbocycles. The number of para-hydroxylation sites is 1. The lowest BCUT2D eigenvalue weighted by Crippen LogP contribution is -2.28. The van der Waals surface area contributed by atoms with Crippen LogP contribution in [0.1, 0.15) is 48.3 Å². The Balaban J connectivity index is 1.96. The third kappa shape index (κ3) is 4.58. The summed E-state index contributed by atoms with van der Waals surface area (Å²) >= 11 is 6.64. The highest BCUT2D eigenvalue weighted by Gasteiger charge is 2.26. The van der Waals surface area contributed by atoms with Crippen molar-refractivity contribution in [1.82, 2.24) is 24.4 Å². The smallest absolute Gasteiger partial charge is 0.162 e. The molecule has 8 nitrogen and oxygen atoms in total. The predicted octanol–water partition coefficient (Wildman–Crippen LogP) is 4.16. The van der Waals surface area contributed by atoms with Crippen LogP contribution in [0.3, 0.4) is 0 Å². The van der Waals surface area contributed by atoms with Gasteiger partial charge in [0.05, 0.1) is 34.4 Å². The van der Waals surface area contributed by atoms with Gasteiger partial charge in [0.1, 0.15) is 11.4 Å². The molecule has 2 aromatic carbocycles. The first-order chi connectivity index (χ1) is 16.7. The fourth-order valence-corrected chi connectivity index (χ4v) is 4.47. The second-order valence-electron chi connectivity index (χ2n) is 8.92. The highest BCUT2D eigenvalue weighted by atomic mass is 35.5. The summed E-state index contributed by atoms with van der Waals surface area (Å²) < 4.78 is 1.96. The zero-order chi connectivity index (χ0) is 25.3. The molecule has 0 saturated heterocycles. The zero-order valence-corrected chi connectivity index (χ0v) is 20.9. The molecule has 0 amide bonds. The van der Waals surface area contributed by atoms with E-state index >= 15 is 0 Å². The first-order valence-electron chi connectivity index (χ1n) is 11.3. The van der Waals surface area contributed by atoms with Crippen LogP contribution < -0.4 is 0 Å². The average molecular weight is 494 g/mol. The van der Waals surface area contributed by atoms with Gasteiger partial charge >= 0.3 is 0 Å². The standard InChI is InChI=1S/C26H28ClN5O3/c1-5-21(31(3)4)24-30-20-10-9-16(18-12-28-25(29-13-18)26(2,35)15-34)11-22(20)32(24)23-17(14-33)7-6-8-19(23)27/h6-14,21,34-35H,5,15H2,1-4H3. The van der Waals surface area contributed by atoms with Crippen molar-refractivity contribution >= 4 is 28.9 Å². The number of fused-ring (bicyclic) bond motifs is 1. The summed E-state index contributed by atoms with van der Waals surface area (Å²) in [6.45, 7) is 3.06. The molecular formula is C26H28ClN5O3. The van der Waals surface area contributed by atoms with E-state index in [1.807, 2.05) is 36.9 Å². The lowest BCUT2D eigenvalue weighted by atomic mass is 10.1. The van der Waals surface area contributed by atoms with Gasteiger partial charge < -0.3 is 10.2 Å². The van der Waals surface area contributed by atoms with Crippen LogP contribution in [0.15, 0.2) is 48.8 Å². The molecule has 182 valence electrons. The van der Waals surface area contributed by atoms with E-state index in [-0.39, 0.29) is 11.9 Å². The number of benzene rings is 2. The van der Waals surface area contributed by atoms with Crippen molar-refractivity contribution in [1.29, 1.82) is 0 Å². The normalized spacial score (nSPS) is 14.3. The van der Waals surface area contributed by atoms with Crippen molar-refractivity contribution in [3.05, 3.63) is 71.0 Å². The van der Waals surface area contributed by atoms with Crippen LogP contribution in [0.25, 0.3) is 27.8 Å². The number of aliphatic hydroxyl groups excluding tert-OH is 1. The van der Waals surface area contributed by atoms with E-state index in [1.165, 1.54) is 6.92 Å². The number of aldehydes is 1. The van der Waals surface area contributed by atoms with E-state index in [2.05, 4.69) is 21.8 Å². The molecule has 4 aromatic rings. The zero-order valence-electron chi connectivity index (χ0n) is 20.1. The minimum Gasteiger partial charge on any atom is -0.393 e. The molecule has 0 bridgehead atoms. The number of aromatic nitrogens is 4. The van der Waals surface area contributed by atoms with Gasteiger partial charge in [-0.05, 0) is 57.3 Å². The number of carbonyl (C=O) groups excluding carboxylic acids is 1. The minimum absolute atomic E-state index is 0.00930. The number of nitrogens with zero attached hydrogens (tertiary/aromatic N) is 5. The molecule has 2 aromatic heterocycles. The van der Waals surface area contributed by atoms with E-state index in [9.17, 15) is 15.0 Å². The predicted molar refractivity (Wildman–Crippen MR) is 136 cm³/mol. The largest absolute Gasteiger partial charge is 0.393 e. The van der Waals surface area contributed by atoms with Gasteiger partial charge in [-0.3, -0.25) is 14.3 Å². The molecule has 2 unspecified atom stereocenters. The molecule has 0 saturated carbocycles. The van der Waals surface area contributed by atoms with Gasteiger partial charge in [-0.1, -0.05) is 30.7 Å². The van der Waals surface area contributed by atoms with Gasteiger partial charge in [0, 0.05) is 23.5 Å². The first kappa shape index (κ1) is 24.9. The third-order valence-electron chi connectivity index (χ3n) is 6.13. The van der Waals surface area contributed by atoms with Crippen LogP contribution in [0.5, 0.6) is 0 Å². The molecule has 9 heteroatoms. The fraction of sp³-hybridized carbons (Fsp3) is 0.308. The molecule has 4 rings (SSSR count). The van der Waals surface area contributed by atoms with Gasteiger partial charge in [-0.15, -0.1) is 0 Å². The number of hydrogen-bond donors (Lipinski definition) is 2. The topological polar surface area (TPSA) is 104 Å². The van der Waals surface area contributed by atoms with Gasteiger partial charge in [-0.25, -0.2) is 15.0 Å². The Kier molecular flexibility index (Phi) is 7.00. The monoisotopic (exact) mass is 493 g/mol. The molecule has 0 aliphatic rings. The molecule has 0 radical (unpaired) electrons. The Morgan fingerprint density at radius 1 is 1.17 bits per heavy atom. The lowest BCUT2D eigenvalue weighted by molar-refractivity contribution is -0.00969. The molecule has 35 heavy (non-hydrogen) atoms. The molecule has 2 heterocycles. The summed E-state index contributed by atoms with van der Waals surface area (Å²) in [6.07, 6.45) is 4.83. The summed E-state index contributed by atoms with van der Waals surface area (Å²) in [6, 6.07) is 11.1. The fourth-order valence-electron chi connectivity index (χ4n) is 4.20. The lowest BCUT2D eigenvalue weighted by Gasteiger charge is -2.24.